The zero-order valence-electron chi connectivity index (χ0n) is 10.4. The standard InChI is InChI=1S/C11H23NO3/c1-6-9(7-2)12(4)8-11(3,14)10(13)15-5/h9,14H,6-8H2,1-5H3. The van der Waals surface area contributed by atoms with E-state index in [1.165, 1.54) is 14.0 Å². The molecule has 0 heterocycles. The van der Waals surface area contributed by atoms with Gasteiger partial charge in [0.2, 0.25) is 0 Å². The summed E-state index contributed by atoms with van der Waals surface area (Å²) < 4.78 is 4.55. The van der Waals surface area contributed by atoms with Gasteiger partial charge in [-0.05, 0) is 26.8 Å². The molecular weight excluding hydrogens is 194 g/mol. The topological polar surface area (TPSA) is 49.8 Å². The SMILES string of the molecule is CCC(CC)N(C)CC(C)(O)C(=O)OC. The number of ether oxygens (including phenoxy) is 1. The van der Waals surface area contributed by atoms with Crippen molar-refractivity contribution >= 4 is 5.97 Å². The van der Waals surface area contributed by atoms with E-state index in [1.54, 1.807) is 0 Å². The van der Waals surface area contributed by atoms with Crippen molar-refractivity contribution in [1.29, 1.82) is 0 Å². The summed E-state index contributed by atoms with van der Waals surface area (Å²) in [5, 5.41) is 9.88. The van der Waals surface area contributed by atoms with Crippen LogP contribution in [0.2, 0.25) is 0 Å². The number of esters is 1. The average Bonchev–Trinajstić information content (AvgIpc) is 2.17. The molecule has 0 saturated carbocycles. The zero-order valence-corrected chi connectivity index (χ0v) is 10.4. The second-order valence-electron chi connectivity index (χ2n) is 4.15. The van der Waals surface area contributed by atoms with Gasteiger partial charge in [-0.2, -0.15) is 0 Å². The van der Waals surface area contributed by atoms with Crippen LogP contribution < -0.4 is 0 Å². The van der Waals surface area contributed by atoms with E-state index in [9.17, 15) is 9.90 Å². The molecule has 0 amide bonds. The van der Waals surface area contributed by atoms with Crippen LogP contribution in [-0.4, -0.2) is 48.3 Å². The van der Waals surface area contributed by atoms with Crippen LogP contribution in [0.4, 0.5) is 0 Å². The molecule has 0 aliphatic rings. The Bertz CT molecular complexity index is 200. The summed E-state index contributed by atoms with van der Waals surface area (Å²) in [5.74, 6) is -0.583. The number of nitrogens with zero attached hydrogens (tertiary/aromatic N) is 1. The molecular formula is C11H23NO3. The Labute approximate surface area is 92.2 Å². The second kappa shape index (κ2) is 6.08. The Morgan fingerprint density at radius 3 is 2.27 bits per heavy atom. The van der Waals surface area contributed by atoms with Gasteiger partial charge in [-0.3, -0.25) is 4.90 Å². The molecule has 1 N–H and O–H groups in total. The Kier molecular flexibility index (Phi) is 5.83. The maximum absolute atomic E-state index is 11.3. The van der Waals surface area contributed by atoms with Crippen molar-refractivity contribution in [2.45, 2.75) is 45.3 Å². The fourth-order valence-electron chi connectivity index (χ4n) is 1.81. The van der Waals surface area contributed by atoms with Crippen LogP contribution in [0, 0.1) is 0 Å². The zero-order chi connectivity index (χ0) is 12.1. The molecule has 0 spiro atoms. The molecule has 1 unspecified atom stereocenters. The third-order valence-electron chi connectivity index (χ3n) is 2.75. The van der Waals surface area contributed by atoms with Crippen molar-refractivity contribution in [3.05, 3.63) is 0 Å². The van der Waals surface area contributed by atoms with Gasteiger partial charge >= 0.3 is 5.97 Å². The monoisotopic (exact) mass is 217 g/mol. The summed E-state index contributed by atoms with van der Waals surface area (Å²) in [4.78, 5) is 13.3. The molecule has 0 aromatic rings. The normalized spacial score (nSPS) is 15.5. The Balaban J connectivity index is 4.37. The molecule has 0 radical (unpaired) electrons. The molecule has 0 aromatic carbocycles. The molecule has 0 fully saturated rings. The Hall–Kier alpha value is -0.610. The molecule has 0 rings (SSSR count). The Morgan fingerprint density at radius 1 is 1.47 bits per heavy atom. The van der Waals surface area contributed by atoms with Crippen molar-refractivity contribution in [1.82, 2.24) is 4.90 Å². The van der Waals surface area contributed by atoms with Crippen molar-refractivity contribution < 1.29 is 14.6 Å². The van der Waals surface area contributed by atoms with Crippen molar-refractivity contribution in [2.24, 2.45) is 0 Å². The third-order valence-corrected chi connectivity index (χ3v) is 2.75. The average molecular weight is 217 g/mol. The van der Waals surface area contributed by atoms with Crippen LogP contribution in [0.5, 0.6) is 0 Å². The van der Waals surface area contributed by atoms with Crippen LogP contribution in [-0.2, 0) is 9.53 Å². The molecule has 15 heavy (non-hydrogen) atoms. The summed E-state index contributed by atoms with van der Waals surface area (Å²) in [7, 11) is 3.20. The lowest BCUT2D eigenvalue weighted by atomic mass is 10.0. The lowest BCUT2D eigenvalue weighted by Gasteiger charge is -2.31. The summed E-state index contributed by atoms with van der Waals surface area (Å²) in [6.07, 6.45) is 2.01. The molecule has 1 atom stereocenters. The van der Waals surface area contributed by atoms with Gasteiger partial charge in [0.15, 0.2) is 5.60 Å². The van der Waals surface area contributed by atoms with Gasteiger partial charge in [0.25, 0.3) is 0 Å². The highest BCUT2D eigenvalue weighted by atomic mass is 16.5. The maximum Gasteiger partial charge on any atom is 0.338 e. The van der Waals surface area contributed by atoms with E-state index < -0.39 is 11.6 Å². The fourth-order valence-corrected chi connectivity index (χ4v) is 1.81. The molecule has 4 nitrogen and oxygen atoms in total. The quantitative estimate of drug-likeness (QED) is 0.675. The van der Waals surface area contributed by atoms with E-state index in [4.69, 9.17) is 0 Å². The molecule has 0 bridgehead atoms. The van der Waals surface area contributed by atoms with Gasteiger partial charge in [-0.25, -0.2) is 4.79 Å². The molecule has 90 valence electrons. The first-order chi connectivity index (χ1) is 6.88. The third kappa shape index (κ3) is 4.18. The number of hydrogen-bond donors (Lipinski definition) is 1. The predicted molar refractivity (Wildman–Crippen MR) is 59.6 cm³/mol. The largest absolute Gasteiger partial charge is 0.467 e. The lowest BCUT2D eigenvalue weighted by molar-refractivity contribution is -0.162. The van der Waals surface area contributed by atoms with Gasteiger partial charge in [0, 0.05) is 12.6 Å². The van der Waals surface area contributed by atoms with Crippen LogP contribution in [0.15, 0.2) is 0 Å². The number of carbonyl (C=O) groups excluding carboxylic acids is 1. The molecule has 0 aromatic heterocycles. The lowest BCUT2D eigenvalue weighted by Crippen LogP contribution is -2.48. The molecule has 0 saturated heterocycles. The highest BCUT2D eigenvalue weighted by Gasteiger charge is 2.33. The number of carbonyl (C=O) groups is 1. The van der Waals surface area contributed by atoms with E-state index in [1.807, 2.05) is 11.9 Å². The number of aliphatic hydroxyl groups is 1. The van der Waals surface area contributed by atoms with Crippen LogP contribution in [0.25, 0.3) is 0 Å². The van der Waals surface area contributed by atoms with Crippen molar-refractivity contribution in [3.63, 3.8) is 0 Å². The second-order valence-corrected chi connectivity index (χ2v) is 4.15. The highest BCUT2D eigenvalue weighted by Crippen LogP contribution is 2.13. The molecule has 0 aliphatic heterocycles. The first kappa shape index (κ1) is 14.4. The first-order valence-corrected chi connectivity index (χ1v) is 5.40. The van der Waals surface area contributed by atoms with E-state index in [-0.39, 0.29) is 0 Å². The minimum Gasteiger partial charge on any atom is -0.467 e. The van der Waals surface area contributed by atoms with Crippen LogP contribution in [0.3, 0.4) is 0 Å². The van der Waals surface area contributed by atoms with E-state index in [0.29, 0.717) is 12.6 Å². The van der Waals surface area contributed by atoms with Gasteiger partial charge in [-0.15, -0.1) is 0 Å². The summed E-state index contributed by atoms with van der Waals surface area (Å²) >= 11 is 0. The van der Waals surface area contributed by atoms with E-state index in [2.05, 4.69) is 18.6 Å². The van der Waals surface area contributed by atoms with Crippen molar-refractivity contribution in [3.8, 4) is 0 Å². The van der Waals surface area contributed by atoms with Crippen molar-refractivity contribution in [2.75, 3.05) is 20.7 Å². The summed E-state index contributed by atoms with van der Waals surface area (Å²) in [5.41, 5.74) is -1.42. The minimum absolute atomic E-state index is 0.298. The van der Waals surface area contributed by atoms with Gasteiger partial charge in [-0.1, -0.05) is 13.8 Å². The van der Waals surface area contributed by atoms with Gasteiger partial charge in [0.1, 0.15) is 0 Å². The number of methoxy groups -OCH3 is 1. The maximum atomic E-state index is 11.3. The van der Waals surface area contributed by atoms with Crippen LogP contribution in [0.1, 0.15) is 33.6 Å². The van der Waals surface area contributed by atoms with Crippen LogP contribution >= 0.6 is 0 Å². The van der Waals surface area contributed by atoms with E-state index >= 15 is 0 Å². The van der Waals surface area contributed by atoms with E-state index in [0.717, 1.165) is 12.8 Å². The highest BCUT2D eigenvalue weighted by molar-refractivity contribution is 5.78. The first-order valence-electron chi connectivity index (χ1n) is 5.40. The number of rotatable bonds is 6. The smallest absolute Gasteiger partial charge is 0.338 e. The summed E-state index contributed by atoms with van der Waals surface area (Å²) in [6.45, 7) is 5.97. The number of likely N-dealkylation sites (N-methyl/N-ethyl adjacent to an activating group) is 1. The molecule has 0 aliphatic carbocycles. The van der Waals surface area contributed by atoms with Gasteiger partial charge in [0.05, 0.1) is 7.11 Å². The molecule has 4 heteroatoms. The Morgan fingerprint density at radius 2 is 1.93 bits per heavy atom. The number of hydrogen-bond acceptors (Lipinski definition) is 4. The van der Waals surface area contributed by atoms with Gasteiger partial charge < -0.3 is 9.84 Å². The summed E-state index contributed by atoms with van der Waals surface area (Å²) in [6, 6.07) is 0.390. The fraction of sp³-hybridized carbons (Fsp3) is 0.909. The minimum atomic E-state index is -1.42. The predicted octanol–water partition coefficient (Wildman–Crippen LogP) is 1.03.